The van der Waals surface area contributed by atoms with E-state index >= 15 is 0 Å². The van der Waals surface area contributed by atoms with Crippen LogP contribution >= 0.6 is 0 Å². The minimum absolute atomic E-state index is 0.0237. The summed E-state index contributed by atoms with van der Waals surface area (Å²) in [6, 6.07) is 21.4. The predicted octanol–water partition coefficient (Wildman–Crippen LogP) is 6.23. The molecule has 0 heterocycles. The number of hydrogen-bond acceptors (Lipinski definition) is 7. The zero-order valence-corrected chi connectivity index (χ0v) is 25.9. The van der Waals surface area contributed by atoms with Crippen molar-refractivity contribution in [3.05, 3.63) is 101 Å². The molecule has 0 unspecified atom stereocenters. The second kappa shape index (κ2) is 14.6. The van der Waals surface area contributed by atoms with Crippen LogP contribution in [0.5, 0.6) is 5.75 Å². The van der Waals surface area contributed by atoms with Crippen molar-refractivity contribution in [2.75, 3.05) is 13.2 Å². The highest BCUT2D eigenvalue weighted by Gasteiger charge is 2.32. The molecule has 2 aliphatic carbocycles. The molecule has 0 aliphatic heterocycles. The van der Waals surface area contributed by atoms with Crippen LogP contribution in [0.15, 0.2) is 72.8 Å². The van der Waals surface area contributed by atoms with Gasteiger partial charge >= 0.3 is 0 Å². The van der Waals surface area contributed by atoms with E-state index < -0.39 is 16.8 Å². The van der Waals surface area contributed by atoms with Gasteiger partial charge in [0.25, 0.3) is 0 Å². The van der Waals surface area contributed by atoms with Crippen molar-refractivity contribution in [2.45, 2.75) is 94.9 Å². The first-order chi connectivity index (χ1) is 20.9. The molecule has 2 saturated carbocycles. The van der Waals surface area contributed by atoms with Gasteiger partial charge in [-0.1, -0.05) is 87.1 Å². The lowest BCUT2D eigenvalue weighted by Gasteiger charge is -2.32. The van der Waals surface area contributed by atoms with Crippen LogP contribution in [0.25, 0.3) is 0 Å². The molecule has 7 nitrogen and oxygen atoms in total. The Bertz CT molecular complexity index is 1290. The number of ether oxygens (including phenoxy) is 1. The smallest absolute Gasteiger partial charge is 0.193 e. The van der Waals surface area contributed by atoms with Gasteiger partial charge < -0.3 is 25.2 Å². The summed E-state index contributed by atoms with van der Waals surface area (Å²) < 4.78 is 5.15. The van der Waals surface area contributed by atoms with Gasteiger partial charge in [0.15, 0.2) is 11.6 Å². The molecule has 7 heteroatoms. The van der Waals surface area contributed by atoms with Crippen molar-refractivity contribution >= 4 is 11.6 Å². The summed E-state index contributed by atoms with van der Waals surface area (Å²) in [4.78, 5) is 24.5. The number of benzene rings is 3. The largest absolute Gasteiger partial charge is 0.491 e. The number of carbonyl (C=O) groups excluding carboxylic acids is 2. The number of hydrogen-bond donors (Lipinski definition) is 4. The molecule has 0 radical (unpaired) electrons. The molecule has 3 aromatic rings. The van der Waals surface area contributed by atoms with Crippen LogP contribution in [0.1, 0.15) is 115 Å². The van der Waals surface area contributed by atoms with Crippen LogP contribution < -0.4 is 4.74 Å². The summed E-state index contributed by atoms with van der Waals surface area (Å²) in [6.45, 7) is 3.07. The fourth-order valence-electron chi connectivity index (χ4n) is 6.10. The number of rotatable bonds is 9. The molecule has 0 bridgehead atoms. The first-order valence-corrected chi connectivity index (χ1v) is 15.8. The van der Waals surface area contributed by atoms with Crippen LogP contribution in [-0.2, 0) is 11.2 Å². The van der Waals surface area contributed by atoms with Crippen LogP contribution in [0.2, 0.25) is 0 Å². The highest BCUT2D eigenvalue weighted by Crippen LogP contribution is 2.38. The SMILES string of the molecule is CC(C)(O)C(=O)c1ccc(OCCO)cc1.O=C(c1ccc(C2(O)CCCCC2)cc1)c1ccc(C2(O)CCCCC2)cc1. The molecule has 2 fully saturated rings. The maximum atomic E-state index is 12.9. The molecule has 2 aliphatic rings. The van der Waals surface area contributed by atoms with Gasteiger partial charge in [-0.15, -0.1) is 0 Å². The Kier molecular flexibility index (Phi) is 11.1. The minimum Gasteiger partial charge on any atom is -0.491 e. The lowest BCUT2D eigenvalue weighted by Crippen LogP contribution is -2.30. The highest BCUT2D eigenvalue weighted by molar-refractivity contribution is 6.09. The Morgan fingerprint density at radius 2 is 1.05 bits per heavy atom. The standard InChI is InChI=1S/C25H30O3.C12H16O4/c26-23(19-7-11-21(12-8-19)24(27)15-3-1-4-16-24)20-9-13-22(14-10-20)25(28)17-5-2-6-18-25;1-12(2,15)11(14)9-3-5-10(6-4-9)16-8-7-13/h7-14,27-28H,1-6,15-18H2;3-6,13,15H,7-8H2,1-2H3. The molecule has 5 rings (SSSR count). The van der Waals surface area contributed by atoms with Crippen LogP contribution in [0.3, 0.4) is 0 Å². The molecule has 0 aromatic heterocycles. The second-order valence-electron chi connectivity index (χ2n) is 12.7. The average molecular weight is 603 g/mol. The Labute approximate surface area is 260 Å². The lowest BCUT2D eigenvalue weighted by molar-refractivity contribution is -0.000960. The zero-order chi connectivity index (χ0) is 31.8. The summed E-state index contributed by atoms with van der Waals surface area (Å²) in [5, 5.41) is 39.8. The summed E-state index contributed by atoms with van der Waals surface area (Å²) in [6.07, 6.45) is 9.76. The Morgan fingerprint density at radius 1 is 0.659 bits per heavy atom. The Hall–Kier alpha value is -3.36. The van der Waals surface area contributed by atoms with E-state index in [1.807, 2.05) is 48.5 Å². The molecular formula is C37H46O7. The van der Waals surface area contributed by atoms with Gasteiger partial charge in [-0.05, 0) is 74.9 Å². The van der Waals surface area contributed by atoms with Gasteiger partial charge in [0.05, 0.1) is 17.8 Å². The van der Waals surface area contributed by atoms with Gasteiger partial charge in [-0.3, -0.25) is 9.59 Å². The summed E-state index contributed by atoms with van der Waals surface area (Å²) in [5.41, 5.74) is 0.682. The summed E-state index contributed by atoms with van der Waals surface area (Å²) >= 11 is 0. The Morgan fingerprint density at radius 3 is 1.41 bits per heavy atom. The van der Waals surface area contributed by atoms with E-state index in [-0.39, 0.29) is 24.8 Å². The average Bonchev–Trinajstić information content (AvgIpc) is 3.04. The van der Waals surface area contributed by atoms with Gasteiger partial charge in [0.1, 0.15) is 18.0 Å². The summed E-state index contributed by atoms with van der Waals surface area (Å²) in [7, 11) is 0. The van der Waals surface area contributed by atoms with E-state index in [0.29, 0.717) is 22.4 Å². The fourth-order valence-corrected chi connectivity index (χ4v) is 6.10. The third-order valence-corrected chi connectivity index (χ3v) is 8.76. The summed E-state index contributed by atoms with van der Waals surface area (Å²) in [5.74, 6) is 0.229. The predicted molar refractivity (Wildman–Crippen MR) is 170 cm³/mol. The van der Waals surface area contributed by atoms with Crippen molar-refractivity contribution in [2.24, 2.45) is 0 Å². The van der Waals surface area contributed by atoms with Crippen molar-refractivity contribution in [1.82, 2.24) is 0 Å². The van der Waals surface area contributed by atoms with Crippen molar-refractivity contribution in [3.8, 4) is 5.75 Å². The first kappa shape index (κ1) is 33.5. The van der Waals surface area contributed by atoms with Gasteiger partial charge in [0.2, 0.25) is 0 Å². The van der Waals surface area contributed by atoms with Crippen molar-refractivity contribution in [1.29, 1.82) is 0 Å². The number of aliphatic hydroxyl groups excluding tert-OH is 1. The zero-order valence-electron chi connectivity index (χ0n) is 25.9. The Balaban J connectivity index is 0.000000236. The number of ketones is 2. The van der Waals surface area contributed by atoms with Crippen LogP contribution in [0, 0.1) is 0 Å². The lowest BCUT2D eigenvalue weighted by atomic mass is 9.79. The number of carbonyl (C=O) groups is 2. The molecule has 0 amide bonds. The molecule has 44 heavy (non-hydrogen) atoms. The van der Waals surface area contributed by atoms with Gasteiger partial charge in [0, 0.05) is 16.7 Å². The van der Waals surface area contributed by atoms with Crippen LogP contribution in [0.4, 0.5) is 0 Å². The molecule has 236 valence electrons. The molecule has 0 atom stereocenters. The second-order valence-corrected chi connectivity index (χ2v) is 12.7. The fraction of sp³-hybridized carbons (Fsp3) is 0.459. The number of aliphatic hydroxyl groups is 4. The quantitative estimate of drug-likeness (QED) is 0.214. The van der Waals surface area contributed by atoms with E-state index in [4.69, 9.17) is 9.84 Å². The molecule has 0 spiro atoms. The van der Waals surface area contributed by atoms with E-state index in [1.165, 1.54) is 26.7 Å². The van der Waals surface area contributed by atoms with Crippen molar-refractivity contribution < 1.29 is 34.8 Å². The van der Waals surface area contributed by atoms with E-state index in [2.05, 4.69) is 0 Å². The number of Topliss-reactive ketones (excluding diaryl/α,β-unsaturated/α-hetero) is 1. The maximum absolute atomic E-state index is 12.9. The molecule has 3 aromatic carbocycles. The van der Waals surface area contributed by atoms with Gasteiger partial charge in [-0.25, -0.2) is 0 Å². The third kappa shape index (κ3) is 8.42. The molecule has 0 saturated heterocycles. The van der Waals surface area contributed by atoms with E-state index in [1.54, 1.807) is 24.3 Å². The maximum Gasteiger partial charge on any atom is 0.193 e. The monoisotopic (exact) mass is 602 g/mol. The van der Waals surface area contributed by atoms with Crippen molar-refractivity contribution in [3.63, 3.8) is 0 Å². The molecular weight excluding hydrogens is 556 g/mol. The molecule has 4 N–H and O–H groups in total. The van der Waals surface area contributed by atoms with Crippen LogP contribution in [-0.4, -0.2) is 50.8 Å². The normalized spacial score (nSPS) is 17.6. The third-order valence-electron chi connectivity index (χ3n) is 8.76. The highest BCUT2D eigenvalue weighted by atomic mass is 16.5. The topological polar surface area (TPSA) is 124 Å². The minimum atomic E-state index is -1.37. The van der Waals surface area contributed by atoms with E-state index in [9.17, 15) is 24.9 Å². The van der Waals surface area contributed by atoms with Gasteiger partial charge in [-0.2, -0.15) is 0 Å². The van der Waals surface area contributed by atoms with E-state index in [0.717, 1.165) is 62.5 Å². The first-order valence-electron chi connectivity index (χ1n) is 15.8.